The summed E-state index contributed by atoms with van der Waals surface area (Å²) in [6.45, 7) is 4.69. The lowest BCUT2D eigenvalue weighted by Gasteiger charge is -2.27. The lowest BCUT2D eigenvalue weighted by atomic mass is 10.1. The Balaban J connectivity index is 1.81. The molecule has 0 aliphatic carbocycles. The predicted molar refractivity (Wildman–Crippen MR) is 100 cm³/mol. The molecule has 2 aromatic carbocycles. The number of carbonyl (C=O) groups is 1. The van der Waals surface area contributed by atoms with Gasteiger partial charge < -0.3 is 10.2 Å². The third-order valence-corrected chi connectivity index (χ3v) is 5.98. The van der Waals surface area contributed by atoms with Gasteiger partial charge in [-0.25, -0.2) is 13.1 Å². The molecule has 3 rings (SSSR count). The molecule has 1 fully saturated rings. The van der Waals surface area contributed by atoms with E-state index in [2.05, 4.69) is 10.0 Å². The van der Waals surface area contributed by atoms with Crippen LogP contribution in [0.2, 0.25) is 0 Å². The minimum absolute atomic E-state index is 0.133. The minimum atomic E-state index is -3.71. The van der Waals surface area contributed by atoms with Crippen LogP contribution in [0, 0.1) is 6.92 Å². The molecule has 0 bridgehead atoms. The molecular formula is C19H23N3O3S. The fourth-order valence-electron chi connectivity index (χ4n) is 2.93. The minimum Gasteiger partial charge on any atom is -0.336 e. The molecule has 2 N–H and O–H groups in total. The van der Waals surface area contributed by atoms with E-state index < -0.39 is 10.0 Å². The molecule has 1 saturated heterocycles. The Morgan fingerprint density at radius 1 is 1.12 bits per heavy atom. The van der Waals surface area contributed by atoms with Crippen LogP contribution in [0.3, 0.4) is 0 Å². The second-order valence-corrected chi connectivity index (χ2v) is 8.07. The van der Waals surface area contributed by atoms with Crippen LogP contribution in [0.15, 0.2) is 53.4 Å². The van der Waals surface area contributed by atoms with Crippen LogP contribution in [0.5, 0.6) is 0 Å². The average molecular weight is 373 g/mol. The van der Waals surface area contributed by atoms with Gasteiger partial charge in [0.1, 0.15) is 0 Å². The molecule has 2 aromatic rings. The maximum atomic E-state index is 12.7. The summed E-state index contributed by atoms with van der Waals surface area (Å²) in [7, 11) is -3.71. The Kier molecular flexibility index (Phi) is 5.70. The summed E-state index contributed by atoms with van der Waals surface area (Å²) >= 11 is 0. The summed E-state index contributed by atoms with van der Waals surface area (Å²) in [6, 6.07) is 14.2. The molecule has 0 unspecified atom stereocenters. The van der Waals surface area contributed by atoms with Crippen LogP contribution in [-0.4, -0.2) is 45.4 Å². The molecular weight excluding hydrogens is 350 g/mol. The maximum absolute atomic E-state index is 12.7. The molecule has 7 heteroatoms. The summed E-state index contributed by atoms with van der Waals surface area (Å²) in [6.07, 6.45) is 0. The van der Waals surface area contributed by atoms with Crippen LogP contribution in [-0.2, 0) is 16.6 Å². The molecule has 1 amide bonds. The quantitative estimate of drug-likeness (QED) is 0.833. The van der Waals surface area contributed by atoms with E-state index in [1.54, 1.807) is 24.0 Å². The second kappa shape index (κ2) is 7.99. The number of piperazine rings is 1. The number of aryl methyl sites for hydroxylation is 1. The van der Waals surface area contributed by atoms with Gasteiger partial charge in [-0.2, -0.15) is 0 Å². The van der Waals surface area contributed by atoms with Crippen LogP contribution in [0.25, 0.3) is 0 Å². The van der Waals surface area contributed by atoms with Gasteiger partial charge in [0.2, 0.25) is 10.0 Å². The van der Waals surface area contributed by atoms with Gasteiger partial charge in [-0.3, -0.25) is 4.79 Å². The first-order chi connectivity index (χ1) is 12.5. The summed E-state index contributed by atoms with van der Waals surface area (Å²) in [5.74, 6) is -0.133. The SMILES string of the molecule is Cc1ccc(C(=O)N2CCNCC2)cc1S(=O)(=O)NCc1ccccc1. The number of amides is 1. The fourth-order valence-corrected chi connectivity index (χ4v) is 4.21. The van der Waals surface area contributed by atoms with Crippen molar-refractivity contribution >= 4 is 15.9 Å². The number of benzene rings is 2. The summed E-state index contributed by atoms with van der Waals surface area (Å²) in [5.41, 5.74) is 1.89. The number of nitrogens with zero attached hydrogens (tertiary/aromatic N) is 1. The van der Waals surface area contributed by atoms with E-state index in [1.807, 2.05) is 30.3 Å². The Labute approximate surface area is 154 Å². The van der Waals surface area contributed by atoms with E-state index in [0.29, 0.717) is 24.2 Å². The topological polar surface area (TPSA) is 78.5 Å². The van der Waals surface area contributed by atoms with Crippen LogP contribution >= 0.6 is 0 Å². The monoisotopic (exact) mass is 373 g/mol. The van der Waals surface area contributed by atoms with Crippen molar-refractivity contribution in [1.29, 1.82) is 0 Å². The Morgan fingerprint density at radius 3 is 2.50 bits per heavy atom. The van der Waals surface area contributed by atoms with Crippen molar-refractivity contribution in [1.82, 2.24) is 14.9 Å². The standard InChI is InChI=1S/C19H23N3O3S/c1-15-7-8-17(19(23)22-11-9-20-10-12-22)13-18(15)26(24,25)21-14-16-5-3-2-4-6-16/h2-8,13,20-21H,9-12,14H2,1H3. The molecule has 1 aliphatic rings. The van der Waals surface area contributed by atoms with E-state index >= 15 is 0 Å². The highest BCUT2D eigenvalue weighted by Gasteiger charge is 2.22. The predicted octanol–water partition coefficient (Wildman–Crippen LogP) is 1.52. The zero-order chi connectivity index (χ0) is 18.6. The molecule has 0 spiro atoms. The van der Waals surface area contributed by atoms with Gasteiger partial charge in [-0.05, 0) is 30.2 Å². The lowest BCUT2D eigenvalue weighted by molar-refractivity contribution is 0.0735. The van der Waals surface area contributed by atoms with Crippen molar-refractivity contribution in [2.75, 3.05) is 26.2 Å². The van der Waals surface area contributed by atoms with Crippen LogP contribution < -0.4 is 10.0 Å². The van der Waals surface area contributed by atoms with E-state index in [1.165, 1.54) is 6.07 Å². The molecule has 138 valence electrons. The van der Waals surface area contributed by atoms with Crippen molar-refractivity contribution in [3.8, 4) is 0 Å². The Bertz CT molecular complexity index is 876. The first-order valence-electron chi connectivity index (χ1n) is 8.61. The fraction of sp³-hybridized carbons (Fsp3) is 0.316. The van der Waals surface area contributed by atoms with Gasteiger partial charge in [0.25, 0.3) is 5.91 Å². The van der Waals surface area contributed by atoms with Crippen LogP contribution in [0.4, 0.5) is 0 Å². The van der Waals surface area contributed by atoms with Crippen LogP contribution in [0.1, 0.15) is 21.5 Å². The van der Waals surface area contributed by atoms with Crippen molar-refractivity contribution in [2.45, 2.75) is 18.4 Å². The molecule has 26 heavy (non-hydrogen) atoms. The maximum Gasteiger partial charge on any atom is 0.253 e. The van der Waals surface area contributed by atoms with Gasteiger partial charge in [-0.1, -0.05) is 36.4 Å². The zero-order valence-electron chi connectivity index (χ0n) is 14.7. The zero-order valence-corrected chi connectivity index (χ0v) is 15.6. The first kappa shape index (κ1) is 18.6. The van der Waals surface area contributed by atoms with Crippen molar-refractivity contribution in [3.63, 3.8) is 0 Å². The van der Waals surface area contributed by atoms with Crippen molar-refractivity contribution in [2.24, 2.45) is 0 Å². The van der Waals surface area contributed by atoms with Gasteiger partial charge in [-0.15, -0.1) is 0 Å². The normalized spacial score (nSPS) is 15.0. The van der Waals surface area contributed by atoms with E-state index in [0.717, 1.165) is 18.7 Å². The molecule has 0 atom stereocenters. The van der Waals surface area contributed by atoms with Gasteiger partial charge >= 0.3 is 0 Å². The largest absolute Gasteiger partial charge is 0.336 e. The van der Waals surface area contributed by atoms with Gasteiger partial charge in [0.15, 0.2) is 0 Å². The Hall–Kier alpha value is -2.22. The summed E-state index contributed by atoms with van der Waals surface area (Å²) in [4.78, 5) is 14.5. The number of hydrogen-bond acceptors (Lipinski definition) is 4. The molecule has 0 aromatic heterocycles. The van der Waals surface area contributed by atoms with Crippen molar-refractivity contribution < 1.29 is 13.2 Å². The molecule has 0 saturated carbocycles. The molecule has 6 nitrogen and oxygen atoms in total. The summed E-state index contributed by atoms with van der Waals surface area (Å²) in [5, 5.41) is 3.20. The molecule has 1 heterocycles. The van der Waals surface area contributed by atoms with Gasteiger partial charge in [0.05, 0.1) is 4.90 Å². The summed E-state index contributed by atoms with van der Waals surface area (Å²) < 4.78 is 28.1. The number of carbonyl (C=O) groups excluding carboxylic acids is 1. The first-order valence-corrected chi connectivity index (χ1v) is 10.1. The highest BCUT2D eigenvalue weighted by molar-refractivity contribution is 7.89. The number of sulfonamides is 1. The third kappa shape index (κ3) is 4.30. The van der Waals surface area contributed by atoms with Crippen molar-refractivity contribution in [3.05, 3.63) is 65.2 Å². The highest BCUT2D eigenvalue weighted by atomic mass is 32.2. The second-order valence-electron chi connectivity index (χ2n) is 6.33. The lowest BCUT2D eigenvalue weighted by Crippen LogP contribution is -2.46. The van der Waals surface area contributed by atoms with E-state index in [9.17, 15) is 13.2 Å². The number of rotatable bonds is 5. The highest BCUT2D eigenvalue weighted by Crippen LogP contribution is 2.19. The van der Waals surface area contributed by atoms with E-state index in [-0.39, 0.29) is 17.3 Å². The number of nitrogens with one attached hydrogen (secondary N) is 2. The molecule has 1 aliphatic heterocycles. The average Bonchev–Trinajstić information content (AvgIpc) is 2.68. The smallest absolute Gasteiger partial charge is 0.253 e. The van der Waals surface area contributed by atoms with Gasteiger partial charge in [0, 0.05) is 38.3 Å². The Morgan fingerprint density at radius 2 is 1.81 bits per heavy atom. The van der Waals surface area contributed by atoms with E-state index in [4.69, 9.17) is 0 Å². The third-order valence-electron chi connectivity index (χ3n) is 4.44. The number of hydrogen-bond donors (Lipinski definition) is 2. The molecule has 0 radical (unpaired) electrons.